The summed E-state index contributed by atoms with van der Waals surface area (Å²) >= 11 is 2.83. The Morgan fingerprint density at radius 2 is 1.92 bits per heavy atom. The van der Waals surface area contributed by atoms with E-state index in [0.717, 1.165) is 24.8 Å². The van der Waals surface area contributed by atoms with Gasteiger partial charge in [-0.1, -0.05) is 42.1 Å². The monoisotopic (exact) mass is 540 g/mol. The standard InChI is InChI=1S/C29H24N4O3S2/c1-17(37-29-31-25(22-9-5-13-35-22)26(32-29)23-10-6-14-36-23)27(34)33-28-21(16-30)20-12-11-19(15-24(20)38-28)18-7-3-2-4-8-18/h2-10,13-14,17,19H,11-12,15H2,1H3,(H,31,32)(H,33,34). The van der Waals surface area contributed by atoms with E-state index in [1.165, 1.54) is 33.5 Å². The molecule has 1 aliphatic rings. The van der Waals surface area contributed by atoms with Gasteiger partial charge in [-0.2, -0.15) is 5.26 Å². The molecule has 2 atom stereocenters. The largest absolute Gasteiger partial charge is 0.463 e. The summed E-state index contributed by atoms with van der Waals surface area (Å²) in [5, 5.41) is 13.7. The molecule has 1 amide bonds. The zero-order valence-corrected chi connectivity index (χ0v) is 22.2. The van der Waals surface area contributed by atoms with Crippen LogP contribution in [0.5, 0.6) is 0 Å². The molecule has 0 radical (unpaired) electrons. The maximum atomic E-state index is 13.2. The summed E-state index contributed by atoms with van der Waals surface area (Å²) in [6, 6.07) is 20.1. The number of thioether (sulfide) groups is 1. The first-order valence-corrected chi connectivity index (χ1v) is 14.0. The molecule has 4 aromatic heterocycles. The van der Waals surface area contributed by atoms with Crippen LogP contribution in [0.15, 0.2) is 81.1 Å². The highest BCUT2D eigenvalue weighted by Crippen LogP contribution is 2.42. The lowest BCUT2D eigenvalue weighted by Gasteiger charge is -2.22. The third-order valence-electron chi connectivity index (χ3n) is 6.75. The summed E-state index contributed by atoms with van der Waals surface area (Å²) in [5.41, 5.74) is 4.30. The molecule has 38 heavy (non-hydrogen) atoms. The van der Waals surface area contributed by atoms with Gasteiger partial charge in [0.1, 0.15) is 22.5 Å². The second kappa shape index (κ2) is 10.4. The molecule has 5 aromatic rings. The fraction of sp³-hybridized carbons (Fsp3) is 0.207. The lowest BCUT2D eigenvalue weighted by atomic mass is 9.83. The first kappa shape index (κ1) is 24.3. The Balaban J connectivity index is 1.19. The van der Waals surface area contributed by atoms with Gasteiger partial charge in [0.25, 0.3) is 0 Å². The van der Waals surface area contributed by atoms with Crippen LogP contribution in [0.4, 0.5) is 5.00 Å². The minimum Gasteiger partial charge on any atom is -0.463 e. The van der Waals surface area contributed by atoms with Gasteiger partial charge in [-0.3, -0.25) is 4.79 Å². The van der Waals surface area contributed by atoms with Crippen molar-refractivity contribution < 1.29 is 13.6 Å². The number of furan rings is 2. The van der Waals surface area contributed by atoms with E-state index in [1.54, 1.807) is 24.7 Å². The number of aromatic amines is 1. The number of amides is 1. The van der Waals surface area contributed by atoms with Crippen molar-refractivity contribution in [2.45, 2.75) is 42.5 Å². The summed E-state index contributed by atoms with van der Waals surface area (Å²) in [4.78, 5) is 22.4. The van der Waals surface area contributed by atoms with Crippen LogP contribution in [0.3, 0.4) is 0 Å². The number of carbonyl (C=O) groups excluding carboxylic acids is 1. The second-order valence-electron chi connectivity index (χ2n) is 9.14. The van der Waals surface area contributed by atoms with Crippen molar-refractivity contribution in [2.75, 3.05) is 5.32 Å². The van der Waals surface area contributed by atoms with Gasteiger partial charge >= 0.3 is 0 Å². The van der Waals surface area contributed by atoms with Crippen molar-refractivity contribution in [2.24, 2.45) is 0 Å². The number of hydrogen-bond donors (Lipinski definition) is 2. The number of rotatable bonds is 7. The van der Waals surface area contributed by atoms with E-state index >= 15 is 0 Å². The van der Waals surface area contributed by atoms with E-state index in [1.807, 2.05) is 25.1 Å². The number of nitriles is 1. The molecule has 1 aliphatic carbocycles. The van der Waals surface area contributed by atoms with E-state index in [0.29, 0.717) is 44.5 Å². The summed E-state index contributed by atoms with van der Waals surface area (Å²) in [5.74, 6) is 1.48. The highest BCUT2D eigenvalue weighted by atomic mass is 32.2. The Hall–Kier alpha value is -4.00. The zero-order valence-electron chi connectivity index (χ0n) is 20.6. The normalized spacial score (nSPS) is 15.5. The highest BCUT2D eigenvalue weighted by molar-refractivity contribution is 8.00. The van der Waals surface area contributed by atoms with Crippen LogP contribution in [0, 0.1) is 11.3 Å². The van der Waals surface area contributed by atoms with Crippen molar-refractivity contribution in [3.05, 3.63) is 88.7 Å². The van der Waals surface area contributed by atoms with Crippen molar-refractivity contribution in [3.63, 3.8) is 0 Å². The minimum absolute atomic E-state index is 0.180. The Morgan fingerprint density at radius 1 is 1.16 bits per heavy atom. The molecule has 1 aromatic carbocycles. The average Bonchev–Trinajstić information content (AvgIpc) is 3.74. The number of benzene rings is 1. The molecule has 2 N–H and O–H groups in total. The van der Waals surface area contributed by atoms with Crippen LogP contribution in [-0.4, -0.2) is 21.1 Å². The fourth-order valence-electron chi connectivity index (χ4n) is 4.83. The van der Waals surface area contributed by atoms with E-state index in [2.05, 4.69) is 45.6 Å². The zero-order chi connectivity index (χ0) is 26.1. The number of anilines is 1. The molecule has 7 nitrogen and oxygen atoms in total. The molecule has 190 valence electrons. The number of thiophene rings is 1. The van der Waals surface area contributed by atoms with E-state index in [9.17, 15) is 10.1 Å². The summed E-state index contributed by atoms with van der Waals surface area (Å²) in [6.45, 7) is 1.83. The van der Waals surface area contributed by atoms with Crippen molar-refractivity contribution >= 4 is 34.0 Å². The predicted octanol–water partition coefficient (Wildman–Crippen LogP) is 7.25. The molecule has 0 aliphatic heterocycles. The van der Waals surface area contributed by atoms with E-state index in [4.69, 9.17) is 8.83 Å². The van der Waals surface area contributed by atoms with Crippen molar-refractivity contribution in [3.8, 4) is 29.0 Å². The lowest BCUT2D eigenvalue weighted by molar-refractivity contribution is -0.115. The number of aromatic nitrogens is 2. The summed E-state index contributed by atoms with van der Waals surface area (Å²) in [7, 11) is 0. The number of carbonyl (C=O) groups is 1. The molecule has 9 heteroatoms. The first-order valence-electron chi connectivity index (χ1n) is 12.4. The molecule has 4 heterocycles. The van der Waals surface area contributed by atoms with Crippen LogP contribution in [0.2, 0.25) is 0 Å². The van der Waals surface area contributed by atoms with Gasteiger partial charge in [0.15, 0.2) is 16.7 Å². The van der Waals surface area contributed by atoms with Gasteiger partial charge in [-0.05, 0) is 67.5 Å². The van der Waals surface area contributed by atoms with Gasteiger partial charge < -0.3 is 19.1 Å². The second-order valence-corrected chi connectivity index (χ2v) is 11.6. The molecule has 6 rings (SSSR count). The van der Waals surface area contributed by atoms with Gasteiger partial charge in [-0.25, -0.2) is 4.98 Å². The van der Waals surface area contributed by atoms with E-state index in [-0.39, 0.29) is 5.91 Å². The molecular formula is C29H24N4O3S2. The number of H-pyrrole nitrogens is 1. The van der Waals surface area contributed by atoms with Gasteiger partial charge in [0, 0.05) is 4.88 Å². The van der Waals surface area contributed by atoms with Crippen LogP contribution < -0.4 is 5.32 Å². The maximum absolute atomic E-state index is 13.2. The Morgan fingerprint density at radius 3 is 2.63 bits per heavy atom. The molecule has 0 bridgehead atoms. The molecular weight excluding hydrogens is 516 g/mol. The highest BCUT2D eigenvalue weighted by Gasteiger charge is 2.28. The molecule has 0 spiro atoms. The number of imidazole rings is 1. The quantitative estimate of drug-likeness (QED) is 0.210. The van der Waals surface area contributed by atoms with Gasteiger partial charge in [0.2, 0.25) is 5.91 Å². The predicted molar refractivity (Wildman–Crippen MR) is 148 cm³/mol. The fourth-order valence-corrected chi connectivity index (χ4v) is 6.92. The van der Waals surface area contributed by atoms with E-state index < -0.39 is 5.25 Å². The number of fused-ring (bicyclic) bond motifs is 1. The Labute approximate surface area is 227 Å². The number of nitrogens with one attached hydrogen (secondary N) is 2. The third kappa shape index (κ3) is 4.69. The first-order chi connectivity index (χ1) is 18.6. The lowest BCUT2D eigenvalue weighted by Crippen LogP contribution is -2.22. The topological polar surface area (TPSA) is 108 Å². The average molecular weight is 541 g/mol. The van der Waals surface area contributed by atoms with Crippen LogP contribution in [-0.2, 0) is 17.6 Å². The minimum atomic E-state index is -0.460. The smallest absolute Gasteiger partial charge is 0.238 e. The van der Waals surface area contributed by atoms with Crippen molar-refractivity contribution in [1.82, 2.24) is 9.97 Å². The third-order valence-corrected chi connectivity index (χ3v) is 8.90. The van der Waals surface area contributed by atoms with Gasteiger partial charge in [-0.15, -0.1) is 11.3 Å². The van der Waals surface area contributed by atoms with Crippen LogP contribution in [0.25, 0.3) is 22.9 Å². The SMILES string of the molecule is CC(Sc1nc(-c2ccco2)c(-c2ccco2)[nH]1)C(=O)Nc1sc2c(c1C#N)CCC(c1ccccc1)C2. The summed E-state index contributed by atoms with van der Waals surface area (Å²) in [6.07, 6.45) is 5.91. The maximum Gasteiger partial charge on any atom is 0.238 e. The summed E-state index contributed by atoms with van der Waals surface area (Å²) < 4.78 is 11.1. The Kier molecular flexibility index (Phi) is 6.66. The van der Waals surface area contributed by atoms with Crippen LogP contribution in [0.1, 0.15) is 40.8 Å². The van der Waals surface area contributed by atoms with Crippen LogP contribution >= 0.6 is 23.1 Å². The van der Waals surface area contributed by atoms with Gasteiger partial charge in [0.05, 0.1) is 23.3 Å². The number of nitrogens with zero attached hydrogens (tertiary/aromatic N) is 2. The molecule has 0 saturated carbocycles. The molecule has 0 saturated heterocycles. The Bertz CT molecular complexity index is 1540. The number of hydrogen-bond acceptors (Lipinski definition) is 7. The molecule has 2 unspecified atom stereocenters. The molecule has 0 fully saturated rings. The van der Waals surface area contributed by atoms with Crippen molar-refractivity contribution in [1.29, 1.82) is 5.26 Å².